The van der Waals surface area contributed by atoms with Gasteiger partial charge in [0.15, 0.2) is 0 Å². The summed E-state index contributed by atoms with van der Waals surface area (Å²) in [6.45, 7) is 0. The van der Waals surface area contributed by atoms with Crippen molar-refractivity contribution in [3.8, 4) is 17.9 Å². The Hall–Kier alpha value is -3.98. The van der Waals surface area contributed by atoms with Crippen molar-refractivity contribution in [3.05, 3.63) is 65.9 Å². The van der Waals surface area contributed by atoms with E-state index in [2.05, 4.69) is 15.4 Å². The van der Waals surface area contributed by atoms with Crippen molar-refractivity contribution >= 4 is 17.3 Å². The highest BCUT2D eigenvalue weighted by molar-refractivity contribution is 6.04. The highest BCUT2D eigenvalue weighted by atomic mass is 19.4. The minimum atomic E-state index is -4.79. The summed E-state index contributed by atoms with van der Waals surface area (Å²) in [4.78, 5) is 12.3. The summed E-state index contributed by atoms with van der Waals surface area (Å²) < 4.78 is 40.1. The first-order valence-electron chi connectivity index (χ1n) is 7.35. The predicted octanol–water partition coefficient (Wildman–Crippen LogP) is 4.18. The van der Waals surface area contributed by atoms with E-state index in [4.69, 9.17) is 10.5 Å². The van der Waals surface area contributed by atoms with Gasteiger partial charge in [-0.1, -0.05) is 6.07 Å². The highest BCUT2D eigenvalue weighted by Crippen LogP contribution is 2.24. The van der Waals surface area contributed by atoms with E-state index in [0.29, 0.717) is 5.69 Å². The molecule has 0 spiro atoms. The number of carbonyl (C=O) groups is 1. The normalized spacial score (nSPS) is 10.1. The third kappa shape index (κ3) is 6.11. The van der Waals surface area contributed by atoms with Gasteiger partial charge in [0.05, 0.1) is 0 Å². The number of anilines is 2. The number of nitrogens with zero attached hydrogens (tertiary/aromatic N) is 2. The molecule has 0 aliphatic rings. The Kier molecular flexibility index (Phi) is 6.02. The van der Waals surface area contributed by atoms with Gasteiger partial charge >= 0.3 is 6.36 Å². The van der Waals surface area contributed by atoms with E-state index in [-0.39, 0.29) is 16.8 Å². The van der Waals surface area contributed by atoms with Crippen LogP contribution in [0.4, 0.5) is 24.5 Å². The van der Waals surface area contributed by atoms with Gasteiger partial charge in [-0.15, -0.1) is 13.2 Å². The minimum Gasteiger partial charge on any atom is -0.406 e. The Morgan fingerprint density at radius 2 is 1.70 bits per heavy atom. The highest BCUT2D eigenvalue weighted by Gasteiger charge is 2.30. The second-order valence-electron chi connectivity index (χ2n) is 5.03. The Bertz CT molecular complexity index is 923. The maximum Gasteiger partial charge on any atom is 0.573 e. The van der Waals surface area contributed by atoms with Crippen LogP contribution in [0, 0.1) is 22.7 Å². The molecule has 6 nitrogen and oxygen atoms in total. The first-order chi connectivity index (χ1) is 12.8. The number of nitrogens with one attached hydrogen (secondary N) is 2. The molecule has 0 saturated heterocycles. The number of halogens is 3. The average molecular weight is 372 g/mol. The lowest BCUT2D eigenvalue weighted by molar-refractivity contribution is -0.274. The lowest BCUT2D eigenvalue weighted by Crippen LogP contribution is -2.17. The molecule has 2 aromatic rings. The lowest BCUT2D eigenvalue weighted by atomic mass is 10.2. The van der Waals surface area contributed by atoms with Crippen molar-refractivity contribution in [1.29, 1.82) is 10.5 Å². The van der Waals surface area contributed by atoms with E-state index in [1.54, 1.807) is 24.3 Å². The summed E-state index contributed by atoms with van der Waals surface area (Å²) in [7, 11) is 0. The summed E-state index contributed by atoms with van der Waals surface area (Å²) in [5.74, 6) is -0.891. The molecule has 0 atom stereocenters. The number of hydrogen-bond acceptors (Lipinski definition) is 5. The third-order valence-electron chi connectivity index (χ3n) is 3.09. The predicted molar refractivity (Wildman–Crippen MR) is 90.5 cm³/mol. The molecule has 0 aliphatic heterocycles. The summed E-state index contributed by atoms with van der Waals surface area (Å²) in [6, 6.07) is 14.3. The van der Waals surface area contributed by atoms with Gasteiger partial charge in [-0.2, -0.15) is 10.5 Å². The summed E-state index contributed by atoms with van der Waals surface area (Å²) >= 11 is 0. The average Bonchev–Trinajstić information content (AvgIpc) is 2.63. The molecule has 9 heteroatoms. The largest absolute Gasteiger partial charge is 0.573 e. The van der Waals surface area contributed by atoms with Gasteiger partial charge < -0.3 is 15.4 Å². The monoisotopic (exact) mass is 372 g/mol. The van der Waals surface area contributed by atoms with Gasteiger partial charge in [0.1, 0.15) is 23.5 Å². The fraction of sp³-hybridized carbons (Fsp3) is 0.0556. The molecule has 2 N–H and O–H groups in total. The lowest BCUT2D eigenvalue weighted by Gasteiger charge is -2.10. The van der Waals surface area contributed by atoms with Gasteiger partial charge in [0, 0.05) is 23.1 Å². The SMILES string of the molecule is N#CC(C#N)=CNc1cccc(C(=O)Nc2ccc(OC(F)(F)F)cc2)c1. The molecule has 27 heavy (non-hydrogen) atoms. The zero-order chi connectivity index (χ0) is 19.9. The molecule has 0 bridgehead atoms. The van der Waals surface area contributed by atoms with Gasteiger partial charge in [0.25, 0.3) is 5.91 Å². The van der Waals surface area contributed by atoms with Crippen molar-refractivity contribution < 1.29 is 22.7 Å². The standard InChI is InChI=1S/C18H11F3N4O2/c19-18(20,21)27-16-6-4-14(5-7-16)25-17(26)13-2-1-3-15(8-13)24-11-12(9-22)10-23/h1-8,11,24H,(H,25,26). The number of alkyl halides is 3. The first kappa shape index (κ1) is 19.3. The minimum absolute atomic E-state index is 0.133. The quantitative estimate of drug-likeness (QED) is 0.767. The van der Waals surface area contributed by atoms with Gasteiger partial charge in [0.2, 0.25) is 0 Å². The van der Waals surface area contributed by atoms with Crippen molar-refractivity contribution in [2.24, 2.45) is 0 Å². The third-order valence-corrected chi connectivity index (χ3v) is 3.09. The molecule has 0 fully saturated rings. The van der Waals surface area contributed by atoms with Gasteiger partial charge in [-0.05, 0) is 42.5 Å². The van der Waals surface area contributed by atoms with Gasteiger partial charge in [-0.3, -0.25) is 4.79 Å². The maximum absolute atomic E-state index is 12.3. The Balaban J connectivity index is 2.06. The number of nitriles is 2. The molecular formula is C18H11F3N4O2. The molecule has 0 unspecified atom stereocenters. The molecule has 1 amide bonds. The second-order valence-corrected chi connectivity index (χ2v) is 5.03. The topological polar surface area (TPSA) is 97.9 Å². The fourth-order valence-corrected chi connectivity index (χ4v) is 1.94. The van der Waals surface area contributed by atoms with Crippen molar-refractivity contribution in [3.63, 3.8) is 0 Å². The maximum atomic E-state index is 12.3. The second kappa shape index (κ2) is 8.41. The van der Waals surface area contributed by atoms with Crippen LogP contribution in [0.2, 0.25) is 0 Å². The Morgan fingerprint density at radius 3 is 2.30 bits per heavy atom. The number of carbonyl (C=O) groups excluding carboxylic acids is 1. The number of benzene rings is 2. The Labute approximate surface area is 152 Å². The van der Waals surface area contributed by atoms with Crippen molar-refractivity contribution in [2.75, 3.05) is 10.6 Å². The zero-order valence-corrected chi connectivity index (χ0v) is 13.5. The summed E-state index contributed by atoms with van der Waals surface area (Å²) in [6.07, 6.45) is -3.58. The number of hydrogen-bond donors (Lipinski definition) is 2. The van der Waals surface area contributed by atoms with Crippen LogP contribution in [-0.2, 0) is 0 Å². The molecule has 0 aliphatic carbocycles. The number of rotatable bonds is 5. The smallest absolute Gasteiger partial charge is 0.406 e. The molecule has 0 radical (unpaired) electrons. The molecular weight excluding hydrogens is 361 g/mol. The number of ether oxygens (including phenoxy) is 1. The van der Waals surface area contributed by atoms with E-state index in [1.807, 2.05) is 0 Å². The number of allylic oxidation sites excluding steroid dienone is 1. The summed E-state index contributed by atoms with van der Waals surface area (Å²) in [5, 5.41) is 22.6. The van der Waals surface area contributed by atoms with Crippen LogP contribution in [0.15, 0.2) is 60.3 Å². The van der Waals surface area contributed by atoms with Crippen LogP contribution < -0.4 is 15.4 Å². The number of amides is 1. The first-order valence-corrected chi connectivity index (χ1v) is 7.35. The van der Waals surface area contributed by atoms with E-state index >= 15 is 0 Å². The van der Waals surface area contributed by atoms with Crippen molar-refractivity contribution in [1.82, 2.24) is 0 Å². The van der Waals surface area contributed by atoms with Gasteiger partial charge in [-0.25, -0.2) is 0 Å². The molecule has 0 heterocycles. The molecule has 0 saturated carbocycles. The van der Waals surface area contributed by atoms with E-state index in [1.165, 1.54) is 30.5 Å². The van der Waals surface area contributed by atoms with Crippen LogP contribution in [0.1, 0.15) is 10.4 Å². The van der Waals surface area contributed by atoms with Crippen LogP contribution in [0.25, 0.3) is 0 Å². The van der Waals surface area contributed by atoms with E-state index < -0.39 is 18.0 Å². The van der Waals surface area contributed by atoms with E-state index in [0.717, 1.165) is 12.1 Å². The fourth-order valence-electron chi connectivity index (χ4n) is 1.94. The van der Waals surface area contributed by atoms with Crippen LogP contribution in [0.5, 0.6) is 5.75 Å². The molecule has 2 rings (SSSR count). The van der Waals surface area contributed by atoms with Crippen molar-refractivity contribution in [2.45, 2.75) is 6.36 Å². The Morgan fingerprint density at radius 1 is 1.04 bits per heavy atom. The van der Waals surface area contributed by atoms with Crippen LogP contribution >= 0.6 is 0 Å². The molecule has 0 aromatic heterocycles. The van der Waals surface area contributed by atoms with E-state index in [9.17, 15) is 18.0 Å². The zero-order valence-electron chi connectivity index (χ0n) is 13.5. The van der Waals surface area contributed by atoms with Crippen LogP contribution in [-0.4, -0.2) is 12.3 Å². The summed E-state index contributed by atoms with van der Waals surface area (Å²) in [5.41, 5.74) is 0.883. The van der Waals surface area contributed by atoms with Crippen LogP contribution in [0.3, 0.4) is 0 Å². The molecule has 136 valence electrons. The molecule has 2 aromatic carbocycles.